The van der Waals surface area contributed by atoms with E-state index in [2.05, 4.69) is 6.58 Å². The third kappa shape index (κ3) is 8.11. The Morgan fingerprint density at radius 1 is 1.14 bits per heavy atom. The molecule has 0 bridgehead atoms. The van der Waals surface area contributed by atoms with Gasteiger partial charge < -0.3 is 9.80 Å². The fraction of sp³-hybridized carbons (Fsp3) is 0.379. The molecule has 0 aromatic heterocycles. The lowest BCUT2D eigenvalue weighted by Crippen LogP contribution is -2.59. The van der Waals surface area contributed by atoms with E-state index in [0.717, 1.165) is 16.7 Å². The number of carbonyl (C=O) groups excluding carboxylic acids is 2. The molecule has 1 aromatic carbocycles. The molecule has 6 heteroatoms. The Kier molecular flexibility index (Phi) is 11.8. The lowest BCUT2D eigenvalue weighted by molar-refractivity contribution is -0.160. The number of amides is 3. The maximum atomic E-state index is 13.8. The van der Waals surface area contributed by atoms with Crippen molar-refractivity contribution in [2.75, 3.05) is 26.2 Å². The average molecular weight is 478 g/mol. The van der Waals surface area contributed by atoms with Crippen molar-refractivity contribution < 1.29 is 14.4 Å². The second-order valence-electron chi connectivity index (χ2n) is 8.26. The maximum Gasteiger partial charge on any atom is 0.344 e. The molecule has 2 rings (SSSR count). The van der Waals surface area contributed by atoms with Crippen molar-refractivity contribution in [3.05, 3.63) is 96.2 Å². The molecule has 0 saturated carbocycles. The van der Waals surface area contributed by atoms with Gasteiger partial charge in [-0.1, -0.05) is 79.4 Å². The Labute approximate surface area is 210 Å². The lowest BCUT2D eigenvalue weighted by atomic mass is 10.1. The number of benzene rings is 1. The van der Waals surface area contributed by atoms with Crippen molar-refractivity contribution in [3.63, 3.8) is 0 Å². The van der Waals surface area contributed by atoms with Crippen LogP contribution in [0.3, 0.4) is 0 Å². The second kappa shape index (κ2) is 14.8. The molecule has 1 fully saturated rings. The van der Waals surface area contributed by atoms with Gasteiger partial charge in [0.2, 0.25) is 5.91 Å². The lowest BCUT2D eigenvalue weighted by Gasteiger charge is -2.41. The number of allylic oxidation sites excluding steroid dienone is 5. The van der Waals surface area contributed by atoms with E-state index in [9.17, 15) is 9.59 Å². The molecule has 1 atom stereocenters. The van der Waals surface area contributed by atoms with Gasteiger partial charge in [-0.15, -0.1) is 0 Å². The minimum Gasteiger partial charge on any atom is -0.332 e. The number of nitrogens with zero attached hydrogens (tertiary/aromatic N) is 3. The number of urea groups is 1. The Hall–Kier alpha value is -3.38. The van der Waals surface area contributed by atoms with Gasteiger partial charge in [-0.05, 0) is 50.8 Å². The van der Waals surface area contributed by atoms with Gasteiger partial charge in [0.25, 0.3) is 0 Å². The van der Waals surface area contributed by atoms with Gasteiger partial charge in [0, 0.05) is 19.6 Å². The minimum absolute atomic E-state index is 0.0695. The SMILES string of the molecule is C=C/C(=C\C=C/C)CN(CC(/C=C\C)=C/C)C(=O)[C@@H]1CCN(OCc2ccccc2)C(=O)N1CC. The standard InChI is InChI=1S/C29H39N3O3/c1-6-11-16-25(9-4)22-30(21-24(8-3)15-7-2)28(33)27-19-20-32(29(34)31(27)10-5)35-23-26-17-13-12-14-18-26/h6-9,11-18,27H,4,10,19-23H2,1-3,5H3/b11-6-,15-7-,24-8+,25-16+/t27-/m0/s1. The van der Waals surface area contributed by atoms with Crippen molar-refractivity contribution in [3.8, 4) is 0 Å². The van der Waals surface area contributed by atoms with Crippen LogP contribution in [0, 0.1) is 0 Å². The van der Waals surface area contributed by atoms with E-state index >= 15 is 0 Å². The summed E-state index contributed by atoms with van der Waals surface area (Å²) in [6, 6.07) is 8.91. The maximum absolute atomic E-state index is 13.8. The predicted octanol–water partition coefficient (Wildman–Crippen LogP) is 5.67. The summed E-state index contributed by atoms with van der Waals surface area (Å²) in [6.45, 7) is 13.6. The van der Waals surface area contributed by atoms with Crippen molar-refractivity contribution >= 4 is 11.9 Å². The van der Waals surface area contributed by atoms with Crippen LogP contribution in [0.25, 0.3) is 0 Å². The molecule has 0 aliphatic carbocycles. The van der Waals surface area contributed by atoms with Crippen molar-refractivity contribution in [2.45, 2.75) is 46.8 Å². The third-order valence-electron chi connectivity index (χ3n) is 5.87. The molecule has 0 unspecified atom stereocenters. The largest absolute Gasteiger partial charge is 0.344 e. The quantitative estimate of drug-likeness (QED) is 0.364. The van der Waals surface area contributed by atoms with E-state index in [0.29, 0.717) is 39.2 Å². The molecule has 1 aliphatic heterocycles. The van der Waals surface area contributed by atoms with Gasteiger partial charge in [0.05, 0.1) is 6.54 Å². The molecule has 0 N–H and O–H groups in total. The van der Waals surface area contributed by atoms with Gasteiger partial charge in [-0.25, -0.2) is 9.86 Å². The van der Waals surface area contributed by atoms with E-state index in [1.165, 1.54) is 5.06 Å². The highest BCUT2D eigenvalue weighted by molar-refractivity contribution is 5.88. The zero-order valence-electron chi connectivity index (χ0n) is 21.5. The Morgan fingerprint density at radius 2 is 1.86 bits per heavy atom. The van der Waals surface area contributed by atoms with E-state index in [-0.39, 0.29) is 11.9 Å². The van der Waals surface area contributed by atoms with Gasteiger partial charge in [0.15, 0.2) is 0 Å². The first kappa shape index (κ1) is 27.9. The zero-order chi connectivity index (χ0) is 25.6. The molecule has 6 nitrogen and oxygen atoms in total. The number of carbonyl (C=O) groups is 2. The number of hydroxylamine groups is 2. The van der Waals surface area contributed by atoms with E-state index in [4.69, 9.17) is 4.84 Å². The highest BCUT2D eigenvalue weighted by Crippen LogP contribution is 2.21. The van der Waals surface area contributed by atoms with Crippen LogP contribution in [0.1, 0.15) is 39.7 Å². The first-order chi connectivity index (χ1) is 17.0. The smallest absolute Gasteiger partial charge is 0.332 e. The fourth-order valence-corrected chi connectivity index (χ4v) is 3.95. The van der Waals surface area contributed by atoms with Crippen molar-refractivity contribution in [2.24, 2.45) is 0 Å². The number of hydrogen-bond donors (Lipinski definition) is 0. The summed E-state index contributed by atoms with van der Waals surface area (Å²) in [5.41, 5.74) is 2.96. The monoisotopic (exact) mass is 477 g/mol. The fourth-order valence-electron chi connectivity index (χ4n) is 3.95. The van der Waals surface area contributed by atoms with Crippen molar-refractivity contribution in [1.29, 1.82) is 0 Å². The minimum atomic E-state index is -0.541. The zero-order valence-corrected chi connectivity index (χ0v) is 21.5. The summed E-state index contributed by atoms with van der Waals surface area (Å²) in [5.74, 6) is -0.0695. The average Bonchev–Trinajstić information content (AvgIpc) is 2.89. The molecular formula is C29H39N3O3. The summed E-state index contributed by atoms with van der Waals surface area (Å²) in [6.07, 6.45) is 14.1. The molecule has 0 spiro atoms. The molecule has 1 aliphatic rings. The summed E-state index contributed by atoms with van der Waals surface area (Å²) in [4.78, 5) is 36.3. The molecule has 1 heterocycles. The van der Waals surface area contributed by atoms with Crippen LogP contribution in [0.4, 0.5) is 4.79 Å². The molecule has 3 amide bonds. The van der Waals surface area contributed by atoms with Gasteiger partial charge in [-0.2, -0.15) is 0 Å². The molecule has 35 heavy (non-hydrogen) atoms. The number of likely N-dealkylation sites (N-methyl/N-ethyl adjacent to an activating group) is 1. The summed E-state index contributed by atoms with van der Waals surface area (Å²) >= 11 is 0. The summed E-state index contributed by atoms with van der Waals surface area (Å²) < 4.78 is 0. The van der Waals surface area contributed by atoms with E-state index < -0.39 is 6.04 Å². The molecule has 0 radical (unpaired) electrons. The van der Waals surface area contributed by atoms with Crippen molar-refractivity contribution in [1.82, 2.24) is 14.9 Å². The summed E-state index contributed by atoms with van der Waals surface area (Å²) in [7, 11) is 0. The Bertz CT molecular complexity index is 963. The first-order valence-electron chi connectivity index (χ1n) is 12.2. The first-order valence-corrected chi connectivity index (χ1v) is 12.2. The van der Waals surface area contributed by atoms with E-state index in [1.54, 1.807) is 11.0 Å². The van der Waals surface area contributed by atoms with Gasteiger partial charge >= 0.3 is 6.03 Å². The van der Waals surface area contributed by atoms with Crippen LogP contribution >= 0.6 is 0 Å². The Balaban J connectivity index is 2.21. The third-order valence-corrected chi connectivity index (χ3v) is 5.87. The van der Waals surface area contributed by atoms with Crippen LogP contribution in [-0.2, 0) is 16.2 Å². The van der Waals surface area contributed by atoms with Crippen LogP contribution < -0.4 is 0 Å². The van der Waals surface area contributed by atoms with Gasteiger partial charge in [-0.3, -0.25) is 9.63 Å². The topological polar surface area (TPSA) is 53.1 Å². The summed E-state index contributed by atoms with van der Waals surface area (Å²) in [5, 5.41) is 1.38. The number of hydrogen-bond acceptors (Lipinski definition) is 3. The van der Waals surface area contributed by atoms with Crippen LogP contribution in [0.5, 0.6) is 0 Å². The van der Waals surface area contributed by atoms with Crippen LogP contribution in [0.2, 0.25) is 0 Å². The van der Waals surface area contributed by atoms with Gasteiger partial charge in [0.1, 0.15) is 12.6 Å². The molecular weight excluding hydrogens is 438 g/mol. The highest BCUT2D eigenvalue weighted by Gasteiger charge is 2.39. The molecule has 1 saturated heterocycles. The number of rotatable bonds is 12. The second-order valence-corrected chi connectivity index (χ2v) is 8.26. The van der Waals surface area contributed by atoms with Crippen LogP contribution in [-0.4, -0.2) is 59.0 Å². The highest BCUT2D eigenvalue weighted by atomic mass is 16.7. The molecule has 1 aromatic rings. The predicted molar refractivity (Wildman–Crippen MR) is 142 cm³/mol. The van der Waals surface area contributed by atoms with Crippen LogP contribution in [0.15, 0.2) is 90.6 Å². The normalized spacial score (nSPS) is 17.5. The van der Waals surface area contributed by atoms with E-state index in [1.807, 2.05) is 99.4 Å². The Morgan fingerprint density at radius 3 is 2.46 bits per heavy atom. The molecule has 188 valence electrons.